The van der Waals surface area contributed by atoms with E-state index in [4.69, 9.17) is 10.4 Å². The number of rotatable bonds is 9. The molecular weight excluding hydrogens is 707 g/mol. The van der Waals surface area contributed by atoms with Gasteiger partial charge in [0.2, 0.25) is 0 Å². The number of urea groups is 1. The topological polar surface area (TPSA) is 150 Å². The fourth-order valence-electron chi connectivity index (χ4n) is 8.92. The monoisotopic (exact) mass is 757 g/mol. The van der Waals surface area contributed by atoms with E-state index >= 15 is 4.79 Å². The maximum absolute atomic E-state index is 15.0. The summed E-state index contributed by atoms with van der Waals surface area (Å²) in [6.45, 7) is 10.6. The van der Waals surface area contributed by atoms with Crippen LogP contribution in [0.15, 0.2) is 87.6 Å². The molecule has 5 aromatic rings. The Balaban J connectivity index is 1.18. The summed E-state index contributed by atoms with van der Waals surface area (Å²) < 4.78 is 6.89. The van der Waals surface area contributed by atoms with Gasteiger partial charge in [0.05, 0.1) is 5.69 Å². The number of hydrazine groups is 1. The summed E-state index contributed by atoms with van der Waals surface area (Å²) in [5.74, 6) is 7.58. The molecule has 3 N–H and O–H groups in total. The largest absolute Gasteiger partial charge is 0.438 e. The quantitative estimate of drug-likeness (QED) is 0.122. The van der Waals surface area contributed by atoms with Crippen molar-refractivity contribution in [3.63, 3.8) is 0 Å². The van der Waals surface area contributed by atoms with Crippen LogP contribution >= 0.6 is 0 Å². The van der Waals surface area contributed by atoms with E-state index in [0.29, 0.717) is 62.3 Å². The number of carbonyl (C=O) groups is 2. The minimum atomic E-state index is -0.978. The van der Waals surface area contributed by atoms with E-state index in [0.717, 1.165) is 63.9 Å². The number of nitrogens with zero attached hydrogens (tertiary/aromatic N) is 7. The number of pyridine rings is 1. The minimum Gasteiger partial charge on any atom is -0.333 e. The first-order valence-electron chi connectivity index (χ1n) is 19.8. The third-order valence-electron chi connectivity index (χ3n) is 12.1. The highest BCUT2D eigenvalue weighted by Crippen LogP contribution is 2.37. The second-order valence-electron chi connectivity index (χ2n) is 16.1. The zero-order valence-electron chi connectivity index (χ0n) is 32.8. The van der Waals surface area contributed by atoms with Crippen LogP contribution in [0.1, 0.15) is 86.4 Å². The van der Waals surface area contributed by atoms with Crippen molar-refractivity contribution in [2.75, 3.05) is 37.7 Å². The SMILES string of the molecule is Cc1nccc(-c2ccc3c(c2)cc(C(=O)N2CCC/C(=C(/N4CCN(CC5CCCCC5)C4=O)N(N)c4ccccc4)C2)n3C(C)(C)c2noc(=O)[nH]2)c1C. The summed E-state index contributed by atoms with van der Waals surface area (Å²) in [7, 11) is 0. The Morgan fingerprint density at radius 1 is 0.982 bits per heavy atom. The molecule has 3 aliphatic rings. The number of aromatic amines is 1. The van der Waals surface area contributed by atoms with E-state index in [1.54, 1.807) is 5.01 Å². The smallest absolute Gasteiger partial charge is 0.333 e. The highest BCUT2D eigenvalue weighted by Gasteiger charge is 2.39. The molecule has 2 saturated heterocycles. The molecule has 5 heterocycles. The first-order valence-corrected chi connectivity index (χ1v) is 19.8. The number of H-pyrrole nitrogens is 1. The molecule has 13 heteroatoms. The van der Waals surface area contributed by atoms with Crippen LogP contribution in [0.25, 0.3) is 22.0 Å². The number of nitrogens with one attached hydrogen (secondary N) is 1. The van der Waals surface area contributed by atoms with Crippen molar-refractivity contribution < 1.29 is 14.1 Å². The number of amides is 3. The Hall–Kier alpha value is -5.69. The maximum atomic E-state index is 15.0. The molecule has 13 nitrogen and oxygen atoms in total. The number of nitrogens with two attached hydrogens (primary N) is 1. The van der Waals surface area contributed by atoms with Gasteiger partial charge in [-0.25, -0.2) is 15.4 Å². The minimum absolute atomic E-state index is 0.0354. The molecular formula is C43H51N9O4. The Morgan fingerprint density at radius 2 is 1.77 bits per heavy atom. The van der Waals surface area contributed by atoms with E-state index in [-0.39, 0.29) is 11.9 Å². The molecule has 0 bridgehead atoms. The fraction of sp³-hybridized carbons (Fsp3) is 0.419. The van der Waals surface area contributed by atoms with Crippen molar-refractivity contribution in [3.8, 4) is 11.1 Å². The van der Waals surface area contributed by atoms with Crippen LogP contribution < -0.4 is 16.6 Å². The van der Waals surface area contributed by atoms with Crippen LogP contribution in [-0.2, 0) is 5.54 Å². The van der Waals surface area contributed by atoms with E-state index < -0.39 is 11.3 Å². The average Bonchev–Trinajstić information content (AvgIpc) is 3.93. The predicted molar refractivity (Wildman–Crippen MR) is 216 cm³/mol. The molecule has 1 aliphatic carbocycles. The van der Waals surface area contributed by atoms with Gasteiger partial charge in [-0.1, -0.05) is 48.7 Å². The second kappa shape index (κ2) is 15.1. The zero-order valence-corrected chi connectivity index (χ0v) is 32.8. The number of likely N-dealkylation sites (tertiary alicyclic amines) is 1. The summed E-state index contributed by atoms with van der Waals surface area (Å²) in [4.78, 5) is 54.2. The standard InChI is InChI=1S/C43H51N9O4/c1-28-29(2)45-20-19-35(28)31-17-18-36-33(24-31)25-37(51(36)43(3,4)40-46-41(54)56-47-40)39(53)48-21-11-14-32(27-48)38(52(44)34-15-9-6-10-16-34)50-23-22-49(42(50)55)26-30-12-7-5-8-13-30/h6,9-10,15-20,24-25,30H,5,7-8,11-14,21-23,26-27,44H2,1-4H3,(H,46,47,54)/b38-32+. The van der Waals surface area contributed by atoms with Gasteiger partial charge in [-0.2, -0.15) is 0 Å². The Bertz CT molecular complexity index is 2350. The van der Waals surface area contributed by atoms with Crippen LogP contribution in [0.4, 0.5) is 10.5 Å². The summed E-state index contributed by atoms with van der Waals surface area (Å²) in [6, 6.07) is 19.7. The van der Waals surface area contributed by atoms with Gasteiger partial charge in [0, 0.05) is 55.5 Å². The van der Waals surface area contributed by atoms with Crippen molar-refractivity contribution in [2.45, 2.75) is 78.2 Å². The number of hydrogen-bond donors (Lipinski definition) is 2. The predicted octanol–water partition coefficient (Wildman–Crippen LogP) is 6.93. The molecule has 0 spiro atoms. The summed E-state index contributed by atoms with van der Waals surface area (Å²) >= 11 is 0. The molecule has 0 atom stereocenters. The number of piperidine rings is 1. The van der Waals surface area contributed by atoms with Crippen molar-refractivity contribution in [3.05, 3.63) is 112 Å². The fourth-order valence-corrected chi connectivity index (χ4v) is 8.92. The Morgan fingerprint density at radius 3 is 2.52 bits per heavy atom. The Labute approximate surface area is 326 Å². The number of anilines is 1. The van der Waals surface area contributed by atoms with Gasteiger partial charge < -0.3 is 14.4 Å². The molecule has 1 saturated carbocycles. The van der Waals surface area contributed by atoms with Crippen molar-refractivity contribution in [1.29, 1.82) is 0 Å². The third-order valence-corrected chi connectivity index (χ3v) is 12.1. The lowest BCUT2D eigenvalue weighted by atomic mass is 9.89. The number of hydrogen-bond acceptors (Lipinski definition) is 8. The molecule has 3 fully saturated rings. The van der Waals surface area contributed by atoms with Gasteiger partial charge in [0.15, 0.2) is 5.82 Å². The van der Waals surface area contributed by atoms with Gasteiger partial charge in [-0.3, -0.25) is 29.2 Å². The molecule has 0 radical (unpaired) electrons. The Kier molecular flexibility index (Phi) is 10.0. The number of carbonyl (C=O) groups excluding carboxylic acids is 2. The van der Waals surface area contributed by atoms with Gasteiger partial charge in [0.25, 0.3) is 5.91 Å². The highest BCUT2D eigenvalue weighted by atomic mass is 16.5. The van der Waals surface area contributed by atoms with Crippen LogP contribution in [-0.4, -0.2) is 79.1 Å². The number of benzene rings is 2. The van der Waals surface area contributed by atoms with Gasteiger partial charge >= 0.3 is 11.8 Å². The molecule has 0 unspecified atom stereocenters. The van der Waals surface area contributed by atoms with Crippen LogP contribution in [0.3, 0.4) is 0 Å². The molecule has 2 aliphatic heterocycles. The molecule has 3 aromatic heterocycles. The van der Waals surface area contributed by atoms with Crippen LogP contribution in [0.2, 0.25) is 0 Å². The van der Waals surface area contributed by atoms with Crippen molar-refractivity contribution in [1.82, 2.24) is 34.4 Å². The average molecular weight is 758 g/mol. The van der Waals surface area contributed by atoms with Crippen molar-refractivity contribution >= 4 is 28.5 Å². The maximum Gasteiger partial charge on any atom is 0.438 e. The molecule has 8 rings (SSSR count). The van der Waals surface area contributed by atoms with Gasteiger partial charge in [-0.15, -0.1) is 0 Å². The zero-order chi connectivity index (χ0) is 39.1. The number of fused-ring (bicyclic) bond motifs is 1. The summed E-state index contributed by atoms with van der Waals surface area (Å²) in [5, 5.41) is 6.55. The lowest BCUT2D eigenvalue weighted by Gasteiger charge is -2.36. The third kappa shape index (κ3) is 6.89. The first-order chi connectivity index (χ1) is 27.0. The second-order valence-corrected chi connectivity index (χ2v) is 16.1. The van der Waals surface area contributed by atoms with E-state index in [1.807, 2.05) is 94.8 Å². The summed E-state index contributed by atoms with van der Waals surface area (Å²) in [5.41, 5.74) is 6.08. The lowest BCUT2D eigenvalue weighted by Crippen LogP contribution is -2.46. The van der Waals surface area contributed by atoms with Crippen molar-refractivity contribution in [2.24, 2.45) is 11.8 Å². The number of para-hydroxylation sites is 1. The lowest BCUT2D eigenvalue weighted by molar-refractivity contribution is 0.0734. The highest BCUT2D eigenvalue weighted by molar-refractivity contribution is 6.00. The van der Waals surface area contributed by atoms with E-state index in [1.165, 1.54) is 19.3 Å². The number of aromatic nitrogens is 4. The molecule has 292 valence electrons. The van der Waals surface area contributed by atoms with E-state index in [9.17, 15) is 9.59 Å². The van der Waals surface area contributed by atoms with Gasteiger partial charge in [-0.05, 0) is 118 Å². The van der Waals surface area contributed by atoms with Crippen LogP contribution in [0, 0.1) is 19.8 Å². The van der Waals surface area contributed by atoms with Crippen LogP contribution in [0.5, 0.6) is 0 Å². The molecule has 56 heavy (non-hydrogen) atoms. The van der Waals surface area contributed by atoms with Gasteiger partial charge in [0.1, 0.15) is 17.1 Å². The summed E-state index contributed by atoms with van der Waals surface area (Å²) in [6.07, 6.45) is 9.23. The first kappa shape index (κ1) is 37.2. The van der Waals surface area contributed by atoms with E-state index in [2.05, 4.69) is 34.2 Å². The normalized spacial score (nSPS) is 17.9. The number of aryl methyl sites for hydroxylation is 1. The molecule has 3 amide bonds. The molecule has 2 aromatic carbocycles.